The zero-order valence-corrected chi connectivity index (χ0v) is 18.8. The van der Waals surface area contributed by atoms with Crippen LogP contribution in [0.4, 0.5) is 16.9 Å². The molecule has 30 heavy (non-hydrogen) atoms. The summed E-state index contributed by atoms with van der Waals surface area (Å²) >= 11 is 1.60. The van der Waals surface area contributed by atoms with E-state index in [1.165, 1.54) is 0 Å². The Balaban J connectivity index is 2.45. The Bertz CT molecular complexity index is 1050. The Morgan fingerprint density at radius 2 is 1.90 bits per heavy atom. The second-order valence-corrected chi connectivity index (χ2v) is 8.67. The van der Waals surface area contributed by atoms with Crippen molar-refractivity contribution in [3.8, 4) is 12.1 Å². The highest BCUT2D eigenvalue weighted by atomic mass is 32.1. The van der Waals surface area contributed by atoms with Gasteiger partial charge in [-0.2, -0.15) is 15.5 Å². The summed E-state index contributed by atoms with van der Waals surface area (Å²) in [5.74, 6) is 1.01. The lowest BCUT2D eigenvalue weighted by molar-refractivity contribution is 0.604. The van der Waals surface area contributed by atoms with Gasteiger partial charge in [-0.1, -0.05) is 63.5 Å². The summed E-state index contributed by atoms with van der Waals surface area (Å²) in [4.78, 5) is 12.0. The van der Waals surface area contributed by atoms with E-state index in [0.717, 1.165) is 15.6 Å². The van der Waals surface area contributed by atoms with Crippen molar-refractivity contribution in [2.75, 3.05) is 29.8 Å². The topological polar surface area (TPSA) is 106 Å². The number of anilines is 3. The van der Waals surface area contributed by atoms with Gasteiger partial charge in [-0.3, -0.25) is 15.4 Å². The SMILES string of the molecule is C=CC=C(C=C)Cn1c(NNc2nc(N(C)C)sc2C(C)(C)C)nc(C#N)c1C#N. The molecule has 0 saturated carbocycles. The van der Waals surface area contributed by atoms with E-state index >= 15 is 0 Å². The largest absolute Gasteiger partial charge is 0.354 e. The summed E-state index contributed by atoms with van der Waals surface area (Å²) in [6, 6.07) is 4.04. The van der Waals surface area contributed by atoms with E-state index in [-0.39, 0.29) is 16.8 Å². The van der Waals surface area contributed by atoms with E-state index in [0.29, 0.717) is 18.3 Å². The van der Waals surface area contributed by atoms with Gasteiger partial charge in [0.05, 0.1) is 11.4 Å². The highest BCUT2D eigenvalue weighted by Gasteiger charge is 2.25. The number of nitrogens with zero attached hydrogens (tertiary/aromatic N) is 6. The molecule has 156 valence electrons. The summed E-state index contributed by atoms with van der Waals surface area (Å²) in [5.41, 5.74) is 7.07. The molecule has 0 bridgehead atoms. The van der Waals surface area contributed by atoms with Gasteiger partial charge >= 0.3 is 0 Å². The number of hydrazine groups is 1. The molecule has 0 radical (unpaired) electrons. The van der Waals surface area contributed by atoms with Crippen LogP contribution in [0, 0.1) is 22.7 Å². The van der Waals surface area contributed by atoms with Crippen LogP contribution in [0.25, 0.3) is 0 Å². The molecule has 0 spiro atoms. The van der Waals surface area contributed by atoms with Gasteiger partial charge in [-0.05, 0) is 5.57 Å². The predicted octanol–water partition coefficient (Wildman–Crippen LogP) is 4.18. The fourth-order valence-corrected chi connectivity index (χ4v) is 3.62. The lowest BCUT2D eigenvalue weighted by atomic mass is 9.95. The molecule has 2 aromatic heterocycles. The Kier molecular flexibility index (Phi) is 7.04. The number of allylic oxidation sites excluding steroid dienone is 4. The van der Waals surface area contributed by atoms with E-state index < -0.39 is 0 Å². The molecule has 0 aliphatic heterocycles. The van der Waals surface area contributed by atoms with Crippen LogP contribution in [0.15, 0.2) is 37.0 Å². The minimum Gasteiger partial charge on any atom is -0.354 e. The van der Waals surface area contributed by atoms with Gasteiger partial charge in [0, 0.05) is 19.5 Å². The molecule has 8 nitrogen and oxygen atoms in total. The molecule has 0 atom stereocenters. The molecule has 0 fully saturated rings. The van der Waals surface area contributed by atoms with Gasteiger partial charge < -0.3 is 4.90 Å². The molecule has 0 aliphatic rings. The van der Waals surface area contributed by atoms with Gasteiger partial charge in [0.1, 0.15) is 12.1 Å². The standard InChI is InChI=1S/C21H26N8S/c1-8-10-14(9-2)13-29-16(12-23)15(11-22)24-19(29)27-26-18-17(21(3,4)5)30-20(25-18)28(6)7/h8-10,26H,1-2,13H2,3-7H3,(H,24,27). The molecule has 0 aliphatic carbocycles. The number of nitrogens with one attached hydrogen (secondary N) is 2. The molecular weight excluding hydrogens is 396 g/mol. The van der Waals surface area contributed by atoms with Crippen molar-refractivity contribution >= 4 is 28.2 Å². The maximum atomic E-state index is 9.57. The molecule has 0 saturated heterocycles. The lowest BCUT2D eigenvalue weighted by Crippen LogP contribution is -2.19. The number of aromatic nitrogens is 3. The third kappa shape index (κ3) is 4.88. The maximum absolute atomic E-state index is 9.57. The third-order valence-corrected chi connectivity index (χ3v) is 5.74. The predicted molar refractivity (Wildman–Crippen MR) is 123 cm³/mol. The molecule has 0 amide bonds. The summed E-state index contributed by atoms with van der Waals surface area (Å²) in [6.07, 6.45) is 5.11. The molecule has 2 N–H and O–H groups in total. The van der Waals surface area contributed by atoms with Crippen LogP contribution in [0.5, 0.6) is 0 Å². The molecule has 2 heterocycles. The van der Waals surface area contributed by atoms with Crippen LogP contribution in [-0.2, 0) is 12.0 Å². The fourth-order valence-electron chi connectivity index (χ4n) is 2.62. The van der Waals surface area contributed by atoms with Crippen molar-refractivity contribution in [2.45, 2.75) is 32.7 Å². The molecular formula is C21H26N8S. The first kappa shape index (κ1) is 22.7. The normalized spacial score (nSPS) is 11.4. The zero-order chi connectivity index (χ0) is 22.5. The van der Waals surface area contributed by atoms with E-state index in [9.17, 15) is 10.5 Å². The van der Waals surface area contributed by atoms with Crippen LogP contribution < -0.4 is 15.8 Å². The number of thiazole rings is 1. The van der Waals surface area contributed by atoms with Crippen LogP contribution >= 0.6 is 11.3 Å². The number of imidazole rings is 1. The molecule has 9 heteroatoms. The summed E-state index contributed by atoms with van der Waals surface area (Å²) in [5, 5.41) is 19.8. The molecule has 2 aromatic rings. The molecule has 2 rings (SSSR count). The van der Waals surface area contributed by atoms with E-state index in [1.807, 2.05) is 25.1 Å². The van der Waals surface area contributed by atoms with Crippen LogP contribution in [-0.4, -0.2) is 28.6 Å². The van der Waals surface area contributed by atoms with Gasteiger partial charge in [0.2, 0.25) is 5.95 Å². The molecule has 0 aromatic carbocycles. The average Bonchev–Trinajstić information content (AvgIpc) is 3.27. The highest BCUT2D eigenvalue weighted by Crippen LogP contribution is 2.38. The Hall–Kier alpha value is -3.56. The summed E-state index contributed by atoms with van der Waals surface area (Å²) in [6.45, 7) is 14.1. The van der Waals surface area contributed by atoms with E-state index in [4.69, 9.17) is 0 Å². The summed E-state index contributed by atoms with van der Waals surface area (Å²) < 4.78 is 1.62. The van der Waals surface area contributed by atoms with Crippen molar-refractivity contribution < 1.29 is 0 Å². The molecule has 0 unspecified atom stereocenters. The average molecular weight is 423 g/mol. The second-order valence-electron chi connectivity index (χ2n) is 7.69. The van der Waals surface area contributed by atoms with Crippen molar-refractivity contribution in [3.63, 3.8) is 0 Å². The monoisotopic (exact) mass is 422 g/mol. The first-order valence-electron chi connectivity index (χ1n) is 9.21. The smallest absolute Gasteiger partial charge is 0.224 e. The van der Waals surface area contributed by atoms with Crippen molar-refractivity contribution in [3.05, 3.63) is 53.2 Å². The highest BCUT2D eigenvalue weighted by molar-refractivity contribution is 7.16. The van der Waals surface area contributed by atoms with E-state index in [2.05, 4.69) is 60.8 Å². The number of hydrogen-bond donors (Lipinski definition) is 2. The quantitative estimate of drug-likeness (QED) is 0.485. The Morgan fingerprint density at radius 3 is 2.40 bits per heavy atom. The number of rotatable bonds is 8. The van der Waals surface area contributed by atoms with Gasteiger partial charge in [0.15, 0.2) is 22.3 Å². The maximum Gasteiger partial charge on any atom is 0.224 e. The Morgan fingerprint density at radius 1 is 1.20 bits per heavy atom. The summed E-state index contributed by atoms with van der Waals surface area (Å²) in [7, 11) is 3.88. The Labute approximate surface area is 181 Å². The fraction of sp³-hybridized carbons (Fsp3) is 0.333. The first-order chi connectivity index (χ1) is 14.2. The van der Waals surface area contributed by atoms with Crippen molar-refractivity contribution in [1.82, 2.24) is 14.5 Å². The van der Waals surface area contributed by atoms with Crippen LogP contribution in [0.3, 0.4) is 0 Å². The first-order valence-corrected chi connectivity index (χ1v) is 10.0. The zero-order valence-electron chi connectivity index (χ0n) is 17.9. The number of hydrogen-bond acceptors (Lipinski definition) is 8. The van der Waals surface area contributed by atoms with Gasteiger partial charge in [0.25, 0.3) is 0 Å². The number of nitriles is 2. The van der Waals surface area contributed by atoms with Crippen molar-refractivity contribution in [1.29, 1.82) is 10.5 Å². The lowest BCUT2D eigenvalue weighted by Gasteiger charge is -2.19. The third-order valence-electron chi connectivity index (χ3n) is 4.09. The van der Waals surface area contributed by atoms with Crippen molar-refractivity contribution in [2.24, 2.45) is 0 Å². The van der Waals surface area contributed by atoms with Crippen LogP contribution in [0.2, 0.25) is 0 Å². The second kappa shape index (κ2) is 9.29. The van der Waals surface area contributed by atoms with Gasteiger partial charge in [-0.15, -0.1) is 0 Å². The minimum absolute atomic E-state index is 0.0483. The van der Waals surface area contributed by atoms with Gasteiger partial charge in [-0.25, -0.2) is 4.98 Å². The minimum atomic E-state index is -0.121. The van der Waals surface area contributed by atoms with E-state index in [1.54, 1.807) is 34.1 Å². The van der Waals surface area contributed by atoms with Crippen LogP contribution in [0.1, 0.15) is 37.0 Å².